The fraction of sp³-hybridized carbons (Fsp3) is 0.261. The van der Waals surface area contributed by atoms with E-state index in [2.05, 4.69) is 35.7 Å². The number of nitrogens with zero attached hydrogens (tertiary/aromatic N) is 5. The van der Waals surface area contributed by atoms with Crippen molar-refractivity contribution < 1.29 is 13.6 Å². The molecule has 0 aliphatic rings. The zero-order valence-corrected chi connectivity index (χ0v) is 18.7. The maximum atomic E-state index is 12.5. The van der Waals surface area contributed by atoms with Crippen LogP contribution in [0, 0.1) is 0 Å². The molecule has 11 heteroatoms. The largest absolute Gasteiger partial charge is 0.391 e. The van der Waals surface area contributed by atoms with E-state index in [1.54, 1.807) is 18.5 Å². The van der Waals surface area contributed by atoms with Crippen LogP contribution < -0.4 is 10.6 Å². The summed E-state index contributed by atoms with van der Waals surface area (Å²) in [6.07, 6.45) is 7.39. The summed E-state index contributed by atoms with van der Waals surface area (Å²) in [4.78, 5) is 28.9. The number of rotatable bonds is 9. The molecule has 0 saturated carbocycles. The molecule has 3 N–H and O–H groups in total. The molecule has 0 aliphatic heterocycles. The molecule has 0 radical (unpaired) electrons. The molecule has 4 aromatic rings. The summed E-state index contributed by atoms with van der Waals surface area (Å²) in [5.41, 5.74) is 4.45. The van der Waals surface area contributed by atoms with Crippen LogP contribution in [0.15, 0.2) is 48.2 Å². The van der Waals surface area contributed by atoms with Crippen LogP contribution in [0.25, 0.3) is 33.3 Å². The molecular formula is C23H24F2N8O. The van der Waals surface area contributed by atoms with E-state index in [9.17, 15) is 13.6 Å². The van der Waals surface area contributed by atoms with Crippen LogP contribution >= 0.6 is 0 Å². The number of hydrogen-bond donors (Lipinski definition) is 3. The van der Waals surface area contributed by atoms with Crippen LogP contribution in [0.5, 0.6) is 0 Å². The van der Waals surface area contributed by atoms with E-state index in [1.807, 2.05) is 32.3 Å². The number of fused-ring (bicyclic) bond motifs is 2. The van der Waals surface area contributed by atoms with E-state index in [-0.39, 0.29) is 5.56 Å². The third-order valence-corrected chi connectivity index (χ3v) is 5.11. The third-order valence-electron chi connectivity index (χ3n) is 5.11. The topological polar surface area (TPSA) is 112 Å². The number of hydrogen-bond acceptors (Lipinski definition) is 6. The van der Waals surface area contributed by atoms with Crippen LogP contribution in [0.2, 0.25) is 0 Å². The van der Waals surface area contributed by atoms with Gasteiger partial charge in [-0.25, -0.2) is 23.3 Å². The molecule has 0 aromatic carbocycles. The summed E-state index contributed by atoms with van der Waals surface area (Å²) in [6.45, 7) is 4.60. The van der Waals surface area contributed by atoms with Gasteiger partial charge in [0.2, 0.25) is 0 Å². The Morgan fingerprint density at radius 3 is 2.94 bits per heavy atom. The van der Waals surface area contributed by atoms with Gasteiger partial charge in [0, 0.05) is 49.0 Å². The SMILES string of the molecule is CCN=C/C(=C\NCC)c1ncnc2[nH]cc(-c3ccn4ncc(C(=O)NCC(F)F)c4c3)c12. The number of nitrogens with one attached hydrogen (secondary N) is 3. The Kier molecular flexibility index (Phi) is 6.90. The van der Waals surface area contributed by atoms with E-state index in [0.717, 1.165) is 28.6 Å². The van der Waals surface area contributed by atoms with Crippen molar-refractivity contribution in [2.45, 2.75) is 20.3 Å². The first kappa shape index (κ1) is 23.0. The Balaban J connectivity index is 1.83. The van der Waals surface area contributed by atoms with Crippen LogP contribution in [0.4, 0.5) is 8.78 Å². The number of allylic oxidation sites excluding steroid dienone is 1. The van der Waals surface area contributed by atoms with Gasteiger partial charge in [0.05, 0.1) is 34.9 Å². The molecule has 4 heterocycles. The predicted octanol–water partition coefficient (Wildman–Crippen LogP) is 3.31. The molecule has 0 spiro atoms. The molecule has 0 fully saturated rings. The summed E-state index contributed by atoms with van der Waals surface area (Å²) in [5, 5.41) is 10.4. The van der Waals surface area contributed by atoms with Crippen molar-refractivity contribution in [3.63, 3.8) is 0 Å². The van der Waals surface area contributed by atoms with E-state index in [0.29, 0.717) is 23.4 Å². The fourth-order valence-corrected chi connectivity index (χ4v) is 3.57. The highest BCUT2D eigenvalue weighted by Gasteiger charge is 2.18. The lowest BCUT2D eigenvalue weighted by atomic mass is 10.0. The van der Waals surface area contributed by atoms with Gasteiger partial charge in [-0.05, 0) is 31.5 Å². The van der Waals surface area contributed by atoms with Gasteiger partial charge in [-0.3, -0.25) is 9.79 Å². The molecule has 4 aromatic heterocycles. The Morgan fingerprint density at radius 1 is 1.32 bits per heavy atom. The number of H-pyrrole nitrogens is 1. The van der Waals surface area contributed by atoms with Crippen LogP contribution in [0.1, 0.15) is 29.9 Å². The number of halogens is 2. The van der Waals surface area contributed by atoms with Crippen LogP contribution in [0.3, 0.4) is 0 Å². The normalized spacial score (nSPS) is 12.3. The van der Waals surface area contributed by atoms with Crippen LogP contribution in [-0.4, -0.2) is 62.7 Å². The highest BCUT2D eigenvalue weighted by molar-refractivity contribution is 6.15. The zero-order chi connectivity index (χ0) is 24.1. The van der Waals surface area contributed by atoms with Crippen molar-refractivity contribution in [1.82, 2.24) is 35.2 Å². The third kappa shape index (κ3) is 4.63. The lowest BCUT2D eigenvalue weighted by Gasteiger charge is -2.08. The maximum Gasteiger partial charge on any atom is 0.255 e. The van der Waals surface area contributed by atoms with Gasteiger partial charge in [0.1, 0.15) is 12.0 Å². The minimum absolute atomic E-state index is 0.210. The molecule has 0 atom stereocenters. The van der Waals surface area contributed by atoms with Gasteiger partial charge < -0.3 is 15.6 Å². The minimum Gasteiger partial charge on any atom is -0.391 e. The highest BCUT2D eigenvalue weighted by Crippen LogP contribution is 2.33. The second-order valence-electron chi connectivity index (χ2n) is 7.34. The van der Waals surface area contributed by atoms with E-state index in [4.69, 9.17) is 0 Å². The lowest BCUT2D eigenvalue weighted by molar-refractivity contribution is 0.0893. The average molecular weight is 466 g/mol. The van der Waals surface area contributed by atoms with E-state index in [1.165, 1.54) is 17.0 Å². The zero-order valence-electron chi connectivity index (χ0n) is 18.7. The summed E-state index contributed by atoms with van der Waals surface area (Å²) in [7, 11) is 0. The van der Waals surface area contributed by atoms with Gasteiger partial charge in [0.15, 0.2) is 0 Å². The Hall–Kier alpha value is -4.15. The highest BCUT2D eigenvalue weighted by atomic mass is 19.3. The molecule has 1 amide bonds. The smallest absolute Gasteiger partial charge is 0.255 e. The molecule has 9 nitrogen and oxygen atoms in total. The van der Waals surface area contributed by atoms with Gasteiger partial charge in [0.25, 0.3) is 12.3 Å². The van der Waals surface area contributed by atoms with E-state index < -0.39 is 18.9 Å². The predicted molar refractivity (Wildman–Crippen MR) is 127 cm³/mol. The first-order valence-electron chi connectivity index (χ1n) is 10.8. The molecule has 0 aliphatic carbocycles. The number of carbonyl (C=O) groups is 1. The van der Waals surface area contributed by atoms with Crippen molar-refractivity contribution in [3.8, 4) is 11.1 Å². The number of aromatic amines is 1. The minimum atomic E-state index is -2.63. The summed E-state index contributed by atoms with van der Waals surface area (Å²) >= 11 is 0. The van der Waals surface area contributed by atoms with Gasteiger partial charge in [-0.15, -0.1) is 0 Å². The average Bonchev–Trinajstić information content (AvgIpc) is 3.46. The van der Waals surface area contributed by atoms with Crippen molar-refractivity contribution >= 4 is 34.2 Å². The molecule has 176 valence electrons. The second kappa shape index (κ2) is 10.2. The van der Waals surface area contributed by atoms with Crippen molar-refractivity contribution in [2.24, 2.45) is 4.99 Å². The number of amides is 1. The Labute approximate surface area is 194 Å². The van der Waals surface area contributed by atoms with Crippen molar-refractivity contribution in [3.05, 3.63) is 54.5 Å². The lowest BCUT2D eigenvalue weighted by Crippen LogP contribution is -2.28. The van der Waals surface area contributed by atoms with Gasteiger partial charge in [-0.2, -0.15) is 5.10 Å². The number of aliphatic imine (C=N–C) groups is 1. The quantitative estimate of drug-likeness (QED) is 0.328. The molecule has 0 unspecified atom stereocenters. The van der Waals surface area contributed by atoms with Crippen molar-refractivity contribution in [1.29, 1.82) is 0 Å². The summed E-state index contributed by atoms with van der Waals surface area (Å²) in [6, 6.07) is 3.64. The first-order valence-corrected chi connectivity index (χ1v) is 10.8. The molecule has 4 rings (SSSR count). The molecule has 0 bridgehead atoms. The van der Waals surface area contributed by atoms with Crippen molar-refractivity contribution in [2.75, 3.05) is 19.6 Å². The molecule has 34 heavy (non-hydrogen) atoms. The second-order valence-corrected chi connectivity index (χ2v) is 7.34. The number of aromatic nitrogens is 5. The first-order chi connectivity index (χ1) is 16.5. The number of carbonyl (C=O) groups excluding carboxylic acids is 1. The Morgan fingerprint density at radius 2 is 2.18 bits per heavy atom. The van der Waals surface area contributed by atoms with Gasteiger partial charge >= 0.3 is 0 Å². The fourth-order valence-electron chi connectivity index (χ4n) is 3.57. The number of pyridine rings is 1. The summed E-state index contributed by atoms with van der Waals surface area (Å²) < 4.78 is 26.6. The molecule has 0 saturated heterocycles. The monoisotopic (exact) mass is 466 g/mol. The molecular weight excluding hydrogens is 442 g/mol. The van der Waals surface area contributed by atoms with Gasteiger partial charge in [-0.1, -0.05) is 0 Å². The Bertz CT molecular complexity index is 1370. The summed E-state index contributed by atoms with van der Waals surface area (Å²) in [5.74, 6) is -0.609. The van der Waals surface area contributed by atoms with Crippen LogP contribution in [-0.2, 0) is 0 Å². The maximum absolute atomic E-state index is 12.5. The van der Waals surface area contributed by atoms with E-state index >= 15 is 0 Å². The number of alkyl halides is 2. The standard InChI is InChI=1S/C23H24F2N8O/c1-3-26-8-15(9-27-4-2)21-20-16(10-28-22(20)31-13-30-21)14-5-6-33-18(7-14)17(11-32-33)23(34)29-12-19(24)25/h5-11,13,19,26H,3-4,12H2,1-2H3,(H,29,34)(H,28,30,31)/b15-8+,27-9?.